The van der Waals surface area contributed by atoms with Gasteiger partial charge in [0, 0.05) is 6.42 Å². The Hall–Kier alpha value is -0.900. The van der Waals surface area contributed by atoms with Gasteiger partial charge in [-0.2, -0.15) is 0 Å². The first-order chi connectivity index (χ1) is 9.57. The Balaban J connectivity index is 1.71. The molecule has 0 bridgehead atoms. The Labute approximate surface area is 121 Å². The molecule has 20 heavy (non-hydrogen) atoms. The molecule has 4 atom stereocenters. The Bertz CT molecular complexity index is 443. The third kappa shape index (κ3) is 3.22. The highest BCUT2D eigenvalue weighted by Crippen LogP contribution is 2.40. The van der Waals surface area contributed by atoms with E-state index in [1.165, 1.54) is 5.56 Å². The number of ether oxygens (including phenoxy) is 3. The minimum Gasteiger partial charge on any atom is -0.347 e. The van der Waals surface area contributed by atoms with E-state index in [4.69, 9.17) is 14.2 Å². The van der Waals surface area contributed by atoms with Crippen LogP contribution in [0.2, 0.25) is 0 Å². The Kier molecular flexibility index (Phi) is 3.85. The first kappa shape index (κ1) is 14.1. The zero-order valence-corrected chi connectivity index (χ0v) is 12.5. The van der Waals surface area contributed by atoms with Crippen molar-refractivity contribution in [1.29, 1.82) is 0 Å². The van der Waals surface area contributed by atoms with Gasteiger partial charge in [0.25, 0.3) is 0 Å². The van der Waals surface area contributed by atoms with E-state index in [1.807, 2.05) is 13.8 Å². The monoisotopic (exact) mass is 276 g/mol. The van der Waals surface area contributed by atoms with Crippen LogP contribution < -0.4 is 0 Å². The molecule has 2 saturated heterocycles. The topological polar surface area (TPSA) is 31.0 Å². The van der Waals surface area contributed by atoms with Gasteiger partial charge in [0.15, 0.2) is 12.1 Å². The third-order valence-electron chi connectivity index (χ3n) is 4.23. The quantitative estimate of drug-likeness (QED) is 0.788. The minimum atomic E-state index is -0.551. The molecule has 0 spiro atoms. The van der Waals surface area contributed by atoms with Gasteiger partial charge in [-0.25, -0.2) is 0 Å². The van der Waals surface area contributed by atoms with Gasteiger partial charge in [0.05, 0.1) is 6.10 Å². The normalized spacial score (nSPS) is 33.0. The van der Waals surface area contributed by atoms with Crippen LogP contribution in [-0.2, 0) is 20.6 Å². The molecule has 2 heterocycles. The second-order valence-electron chi connectivity index (χ2n) is 6.31. The van der Waals surface area contributed by atoms with Crippen molar-refractivity contribution in [1.82, 2.24) is 0 Å². The molecule has 0 aliphatic carbocycles. The Morgan fingerprint density at radius 2 is 1.95 bits per heavy atom. The van der Waals surface area contributed by atoms with Gasteiger partial charge < -0.3 is 14.2 Å². The number of epoxide rings is 1. The molecule has 1 aromatic carbocycles. The van der Waals surface area contributed by atoms with E-state index in [0.717, 1.165) is 19.3 Å². The minimum absolute atomic E-state index is 0.0516. The molecular formula is C17H24O3. The largest absolute Gasteiger partial charge is 0.347 e. The third-order valence-corrected chi connectivity index (χ3v) is 4.23. The number of benzene rings is 1. The van der Waals surface area contributed by atoms with Crippen LogP contribution in [0.4, 0.5) is 0 Å². The molecule has 0 radical (unpaired) electrons. The van der Waals surface area contributed by atoms with Crippen molar-refractivity contribution in [3.63, 3.8) is 0 Å². The first-order valence-corrected chi connectivity index (χ1v) is 7.62. The summed E-state index contributed by atoms with van der Waals surface area (Å²) in [5.74, 6) is -0.0479. The van der Waals surface area contributed by atoms with E-state index in [-0.39, 0.29) is 18.5 Å². The molecule has 0 saturated carbocycles. The van der Waals surface area contributed by atoms with E-state index >= 15 is 0 Å². The molecule has 2 fully saturated rings. The number of fused-ring (bicyclic) bond motifs is 1. The highest BCUT2D eigenvalue weighted by atomic mass is 16.8. The summed E-state index contributed by atoms with van der Waals surface area (Å²) in [6.07, 6.45) is 3.48. The summed E-state index contributed by atoms with van der Waals surface area (Å²) in [6, 6.07) is 10.6. The molecule has 3 rings (SSSR count). The lowest BCUT2D eigenvalue weighted by Crippen LogP contribution is -2.36. The molecule has 3 nitrogen and oxygen atoms in total. The molecule has 2 aliphatic rings. The molecule has 1 aromatic rings. The lowest BCUT2D eigenvalue weighted by Gasteiger charge is -2.32. The first-order valence-electron chi connectivity index (χ1n) is 7.62. The number of rotatable bonds is 4. The fraction of sp³-hybridized carbons (Fsp3) is 0.647. The van der Waals surface area contributed by atoms with E-state index in [0.29, 0.717) is 5.92 Å². The summed E-state index contributed by atoms with van der Waals surface area (Å²) in [5, 5.41) is 0. The van der Waals surface area contributed by atoms with Crippen LogP contribution in [0.1, 0.15) is 39.2 Å². The molecule has 3 unspecified atom stereocenters. The average molecular weight is 276 g/mol. The molecule has 3 heteroatoms. The highest BCUT2D eigenvalue weighted by molar-refractivity contribution is 5.15. The number of hydrogen-bond donors (Lipinski definition) is 0. The van der Waals surface area contributed by atoms with Gasteiger partial charge in [-0.1, -0.05) is 43.7 Å². The van der Waals surface area contributed by atoms with Gasteiger partial charge >= 0.3 is 0 Å². The van der Waals surface area contributed by atoms with Gasteiger partial charge in [-0.05, 0) is 31.7 Å². The van der Waals surface area contributed by atoms with Crippen molar-refractivity contribution in [2.24, 2.45) is 5.92 Å². The van der Waals surface area contributed by atoms with Gasteiger partial charge in [-0.3, -0.25) is 0 Å². The predicted octanol–water partition coefficient (Wildman–Crippen LogP) is 3.52. The second-order valence-corrected chi connectivity index (χ2v) is 6.31. The maximum Gasteiger partial charge on any atom is 0.187 e. The predicted molar refractivity (Wildman–Crippen MR) is 77.2 cm³/mol. The molecule has 2 aliphatic heterocycles. The average Bonchev–Trinajstić information content (AvgIpc) is 3.13. The molecule has 0 N–H and O–H groups in total. The van der Waals surface area contributed by atoms with Crippen LogP contribution >= 0.6 is 0 Å². The van der Waals surface area contributed by atoms with E-state index in [2.05, 4.69) is 37.3 Å². The summed E-state index contributed by atoms with van der Waals surface area (Å²) in [7, 11) is 0. The maximum absolute atomic E-state index is 6.22. The van der Waals surface area contributed by atoms with E-state index in [9.17, 15) is 0 Å². The van der Waals surface area contributed by atoms with Crippen molar-refractivity contribution in [3.8, 4) is 0 Å². The van der Waals surface area contributed by atoms with Crippen molar-refractivity contribution < 1.29 is 14.2 Å². The highest BCUT2D eigenvalue weighted by Gasteiger charge is 2.50. The zero-order chi connectivity index (χ0) is 14.2. The summed E-state index contributed by atoms with van der Waals surface area (Å²) in [5.41, 5.74) is 1.37. The van der Waals surface area contributed by atoms with E-state index in [1.54, 1.807) is 0 Å². The van der Waals surface area contributed by atoms with Gasteiger partial charge in [-0.15, -0.1) is 0 Å². The van der Waals surface area contributed by atoms with E-state index < -0.39 is 5.79 Å². The summed E-state index contributed by atoms with van der Waals surface area (Å²) >= 11 is 0. The smallest absolute Gasteiger partial charge is 0.187 e. The van der Waals surface area contributed by atoms with Crippen molar-refractivity contribution in [2.75, 3.05) is 0 Å². The Morgan fingerprint density at radius 3 is 2.65 bits per heavy atom. The fourth-order valence-corrected chi connectivity index (χ4v) is 3.09. The summed E-state index contributed by atoms with van der Waals surface area (Å²) in [4.78, 5) is 0. The van der Waals surface area contributed by atoms with Crippen LogP contribution in [0.15, 0.2) is 30.3 Å². The number of hydrogen-bond acceptors (Lipinski definition) is 3. The standard InChI is InChI=1S/C17H24O3/c1-4-13(10-12-8-6-5-7-9-12)14-11-15-16(18-15)20-17(2,3)19-14/h5-9,13-16H,4,10-11H2,1-3H3/t13-,14?,15?,16?/m1/s1. The summed E-state index contributed by atoms with van der Waals surface area (Å²) < 4.78 is 17.6. The van der Waals surface area contributed by atoms with Gasteiger partial charge in [0.1, 0.15) is 6.10 Å². The van der Waals surface area contributed by atoms with Crippen LogP contribution in [-0.4, -0.2) is 24.3 Å². The lowest BCUT2D eigenvalue weighted by molar-refractivity contribution is -0.258. The van der Waals surface area contributed by atoms with Crippen LogP contribution in [0.5, 0.6) is 0 Å². The summed E-state index contributed by atoms with van der Waals surface area (Å²) in [6.45, 7) is 6.21. The van der Waals surface area contributed by atoms with Crippen molar-refractivity contribution in [3.05, 3.63) is 35.9 Å². The molecular weight excluding hydrogens is 252 g/mol. The van der Waals surface area contributed by atoms with Crippen molar-refractivity contribution in [2.45, 2.75) is 64.3 Å². The SMILES string of the molecule is CC[C@H](Cc1ccccc1)C1CC2OC2OC(C)(C)O1. The van der Waals surface area contributed by atoms with Crippen LogP contribution in [0.3, 0.4) is 0 Å². The van der Waals surface area contributed by atoms with Crippen molar-refractivity contribution >= 4 is 0 Å². The maximum atomic E-state index is 6.22. The molecule has 0 amide bonds. The Morgan fingerprint density at radius 1 is 1.20 bits per heavy atom. The van der Waals surface area contributed by atoms with Gasteiger partial charge in [0.2, 0.25) is 0 Å². The second kappa shape index (κ2) is 5.47. The lowest BCUT2D eigenvalue weighted by atomic mass is 9.89. The van der Waals surface area contributed by atoms with Crippen LogP contribution in [0.25, 0.3) is 0 Å². The van der Waals surface area contributed by atoms with Crippen LogP contribution in [0, 0.1) is 5.92 Å². The molecule has 0 aromatic heterocycles. The molecule has 110 valence electrons. The fourth-order valence-electron chi connectivity index (χ4n) is 3.09. The zero-order valence-electron chi connectivity index (χ0n) is 12.5.